The van der Waals surface area contributed by atoms with E-state index in [0.29, 0.717) is 12.5 Å². The van der Waals surface area contributed by atoms with Gasteiger partial charge in [-0.3, -0.25) is 0 Å². The third-order valence-electron chi connectivity index (χ3n) is 2.29. The molecule has 0 saturated heterocycles. The average molecular weight is 180 g/mol. The van der Waals surface area contributed by atoms with Gasteiger partial charge in [-0.05, 0) is 43.9 Å². The van der Waals surface area contributed by atoms with Crippen LogP contribution in [0.5, 0.6) is 5.75 Å². The second-order valence-electron chi connectivity index (χ2n) is 3.39. The lowest BCUT2D eigenvalue weighted by Gasteiger charge is -2.08. The molecule has 0 aromatic heterocycles. The maximum Gasteiger partial charge on any atom is 0.123 e. The SMILES string of the molecule is CCOc1ccc(F)cc1C1CC1. The van der Waals surface area contributed by atoms with Crippen LogP contribution in [0.3, 0.4) is 0 Å². The molecule has 2 heteroatoms. The summed E-state index contributed by atoms with van der Waals surface area (Å²) >= 11 is 0. The first-order valence-electron chi connectivity index (χ1n) is 4.73. The second kappa shape index (κ2) is 3.36. The Hall–Kier alpha value is -1.05. The molecular formula is C11H13FO. The molecule has 0 N–H and O–H groups in total. The van der Waals surface area contributed by atoms with E-state index in [1.54, 1.807) is 12.1 Å². The maximum atomic E-state index is 12.9. The molecule has 1 aliphatic rings. The van der Waals surface area contributed by atoms with Crippen LogP contribution in [-0.4, -0.2) is 6.61 Å². The van der Waals surface area contributed by atoms with Crippen molar-refractivity contribution in [2.24, 2.45) is 0 Å². The molecule has 13 heavy (non-hydrogen) atoms. The van der Waals surface area contributed by atoms with Gasteiger partial charge in [0.2, 0.25) is 0 Å². The molecule has 1 nitrogen and oxygen atoms in total. The lowest BCUT2D eigenvalue weighted by molar-refractivity contribution is 0.336. The molecule has 0 spiro atoms. The van der Waals surface area contributed by atoms with Gasteiger partial charge < -0.3 is 4.74 Å². The van der Waals surface area contributed by atoms with Gasteiger partial charge in [0.1, 0.15) is 11.6 Å². The smallest absolute Gasteiger partial charge is 0.123 e. The molecule has 0 aliphatic heterocycles. The van der Waals surface area contributed by atoms with E-state index in [1.807, 2.05) is 6.92 Å². The van der Waals surface area contributed by atoms with Gasteiger partial charge in [-0.1, -0.05) is 0 Å². The van der Waals surface area contributed by atoms with Gasteiger partial charge in [-0.2, -0.15) is 0 Å². The van der Waals surface area contributed by atoms with Crippen molar-refractivity contribution in [2.75, 3.05) is 6.61 Å². The van der Waals surface area contributed by atoms with Gasteiger partial charge in [0.05, 0.1) is 6.61 Å². The zero-order chi connectivity index (χ0) is 9.26. The van der Waals surface area contributed by atoms with E-state index in [4.69, 9.17) is 4.74 Å². The lowest BCUT2D eigenvalue weighted by Crippen LogP contribution is -1.96. The van der Waals surface area contributed by atoms with Crippen LogP contribution in [-0.2, 0) is 0 Å². The zero-order valence-electron chi connectivity index (χ0n) is 7.72. The Morgan fingerprint density at radius 1 is 1.46 bits per heavy atom. The summed E-state index contributed by atoms with van der Waals surface area (Å²) < 4.78 is 18.3. The van der Waals surface area contributed by atoms with Crippen LogP contribution in [0, 0.1) is 5.82 Å². The molecule has 0 radical (unpaired) electrons. The fourth-order valence-electron chi connectivity index (χ4n) is 1.52. The summed E-state index contributed by atoms with van der Waals surface area (Å²) in [6.07, 6.45) is 2.34. The van der Waals surface area contributed by atoms with E-state index in [0.717, 1.165) is 11.3 Å². The summed E-state index contributed by atoms with van der Waals surface area (Å²) in [7, 11) is 0. The van der Waals surface area contributed by atoms with Crippen molar-refractivity contribution in [3.05, 3.63) is 29.6 Å². The highest BCUT2D eigenvalue weighted by Crippen LogP contribution is 2.44. The topological polar surface area (TPSA) is 9.23 Å². The van der Waals surface area contributed by atoms with Crippen molar-refractivity contribution >= 4 is 0 Å². The summed E-state index contributed by atoms with van der Waals surface area (Å²) in [6, 6.07) is 4.78. The van der Waals surface area contributed by atoms with Crippen molar-refractivity contribution < 1.29 is 9.13 Å². The first-order chi connectivity index (χ1) is 6.31. The fourth-order valence-corrected chi connectivity index (χ4v) is 1.52. The largest absolute Gasteiger partial charge is 0.494 e. The number of rotatable bonds is 3. The first-order valence-corrected chi connectivity index (χ1v) is 4.73. The highest BCUT2D eigenvalue weighted by Gasteiger charge is 2.27. The molecule has 1 aromatic rings. The summed E-state index contributed by atoms with van der Waals surface area (Å²) in [6.45, 7) is 2.59. The van der Waals surface area contributed by atoms with E-state index in [2.05, 4.69) is 0 Å². The van der Waals surface area contributed by atoms with Crippen molar-refractivity contribution in [1.82, 2.24) is 0 Å². The van der Waals surface area contributed by atoms with Crippen LogP contribution in [0.15, 0.2) is 18.2 Å². The highest BCUT2D eigenvalue weighted by molar-refractivity contribution is 5.39. The van der Waals surface area contributed by atoms with Gasteiger partial charge in [-0.25, -0.2) is 4.39 Å². The van der Waals surface area contributed by atoms with Crippen molar-refractivity contribution in [2.45, 2.75) is 25.7 Å². The molecule has 0 unspecified atom stereocenters. The molecule has 0 amide bonds. The minimum Gasteiger partial charge on any atom is -0.494 e. The van der Waals surface area contributed by atoms with E-state index in [1.165, 1.54) is 18.9 Å². The number of halogens is 1. The van der Waals surface area contributed by atoms with Crippen LogP contribution < -0.4 is 4.74 Å². The van der Waals surface area contributed by atoms with Crippen molar-refractivity contribution in [1.29, 1.82) is 0 Å². The predicted octanol–water partition coefficient (Wildman–Crippen LogP) is 3.10. The maximum absolute atomic E-state index is 12.9. The Kier molecular flexibility index (Phi) is 2.21. The van der Waals surface area contributed by atoms with E-state index < -0.39 is 0 Å². The van der Waals surface area contributed by atoms with E-state index >= 15 is 0 Å². The Morgan fingerprint density at radius 3 is 2.85 bits per heavy atom. The monoisotopic (exact) mass is 180 g/mol. The summed E-state index contributed by atoms with van der Waals surface area (Å²) in [4.78, 5) is 0. The molecule has 0 atom stereocenters. The van der Waals surface area contributed by atoms with Crippen LogP contribution in [0.25, 0.3) is 0 Å². The Morgan fingerprint density at radius 2 is 2.23 bits per heavy atom. The predicted molar refractivity (Wildman–Crippen MR) is 49.5 cm³/mol. The summed E-state index contributed by atoms with van der Waals surface area (Å²) in [5.74, 6) is 1.23. The lowest BCUT2D eigenvalue weighted by atomic mass is 10.1. The molecule has 0 heterocycles. The Bertz CT molecular complexity index is 305. The minimum absolute atomic E-state index is 0.162. The molecule has 1 saturated carbocycles. The number of benzene rings is 1. The van der Waals surface area contributed by atoms with Crippen molar-refractivity contribution in [3.8, 4) is 5.75 Å². The second-order valence-corrected chi connectivity index (χ2v) is 3.39. The summed E-state index contributed by atoms with van der Waals surface area (Å²) in [5, 5.41) is 0. The molecule has 2 rings (SSSR count). The zero-order valence-corrected chi connectivity index (χ0v) is 7.72. The standard InChI is InChI=1S/C11H13FO/c1-2-13-11-6-5-9(12)7-10(11)8-3-4-8/h5-8H,2-4H2,1H3. The normalized spacial score (nSPS) is 15.8. The highest BCUT2D eigenvalue weighted by atomic mass is 19.1. The Balaban J connectivity index is 2.30. The molecule has 1 aliphatic carbocycles. The van der Waals surface area contributed by atoms with Gasteiger partial charge >= 0.3 is 0 Å². The van der Waals surface area contributed by atoms with Gasteiger partial charge in [0, 0.05) is 5.56 Å². The average Bonchev–Trinajstić information content (AvgIpc) is 2.91. The molecule has 70 valence electrons. The molecular weight excluding hydrogens is 167 g/mol. The fraction of sp³-hybridized carbons (Fsp3) is 0.455. The van der Waals surface area contributed by atoms with Gasteiger partial charge in [0.25, 0.3) is 0 Å². The first kappa shape index (κ1) is 8.54. The number of hydrogen-bond acceptors (Lipinski definition) is 1. The van der Waals surface area contributed by atoms with Crippen molar-refractivity contribution in [3.63, 3.8) is 0 Å². The molecule has 1 fully saturated rings. The van der Waals surface area contributed by atoms with Crippen LogP contribution in [0.1, 0.15) is 31.2 Å². The Labute approximate surface area is 77.5 Å². The third-order valence-corrected chi connectivity index (χ3v) is 2.29. The quantitative estimate of drug-likeness (QED) is 0.694. The van der Waals surface area contributed by atoms with Gasteiger partial charge in [-0.15, -0.1) is 0 Å². The summed E-state index contributed by atoms with van der Waals surface area (Å²) in [5.41, 5.74) is 1.04. The third kappa shape index (κ3) is 1.82. The van der Waals surface area contributed by atoms with Crippen LogP contribution in [0.2, 0.25) is 0 Å². The van der Waals surface area contributed by atoms with E-state index in [9.17, 15) is 4.39 Å². The van der Waals surface area contributed by atoms with Crippen LogP contribution >= 0.6 is 0 Å². The van der Waals surface area contributed by atoms with Gasteiger partial charge in [0.15, 0.2) is 0 Å². The number of hydrogen-bond donors (Lipinski definition) is 0. The molecule has 0 bridgehead atoms. The number of ether oxygens (including phenoxy) is 1. The minimum atomic E-state index is -0.162. The van der Waals surface area contributed by atoms with Crippen LogP contribution in [0.4, 0.5) is 4.39 Å². The van der Waals surface area contributed by atoms with E-state index in [-0.39, 0.29) is 5.82 Å². The molecule has 1 aromatic carbocycles.